The quantitative estimate of drug-likeness (QED) is 0.745. The van der Waals surface area contributed by atoms with E-state index < -0.39 is 0 Å². The second-order valence-corrected chi connectivity index (χ2v) is 6.45. The standard InChI is InChI=1S/C13H22N4O2S/c1-8(2)16-12-17-10(14)9(20-12)11(18)15-7-13(19-3)5-4-6-13/h8H,4-7,14H2,1-3H3,(H,15,18)(H,16,17). The summed E-state index contributed by atoms with van der Waals surface area (Å²) in [6.45, 7) is 4.54. The molecular weight excluding hydrogens is 276 g/mol. The average molecular weight is 298 g/mol. The number of carbonyl (C=O) groups excluding carboxylic acids is 1. The zero-order chi connectivity index (χ0) is 14.8. The van der Waals surface area contributed by atoms with Crippen LogP contribution >= 0.6 is 11.3 Å². The third kappa shape index (κ3) is 3.21. The lowest BCUT2D eigenvalue weighted by atomic mass is 9.80. The van der Waals surface area contributed by atoms with Gasteiger partial charge in [0.25, 0.3) is 5.91 Å². The van der Waals surface area contributed by atoms with Gasteiger partial charge in [-0.3, -0.25) is 4.79 Å². The van der Waals surface area contributed by atoms with Crippen LogP contribution in [-0.2, 0) is 4.74 Å². The zero-order valence-corrected chi connectivity index (χ0v) is 13.0. The van der Waals surface area contributed by atoms with Gasteiger partial charge < -0.3 is 21.1 Å². The van der Waals surface area contributed by atoms with Gasteiger partial charge in [0.2, 0.25) is 0 Å². The number of carbonyl (C=O) groups is 1. The van der Waals surface area contributed by atoms with Gasteiger partial charge in [0.1, 0.15) is 10.7 Å². The number of nitrogens with two attached hydrogens (primary N) is 1. The number of anilines is 2. The molecule has 112 valence electrons. The zero-order valence-electron chi connectivity index (χ0n) is 12.2. The number of ether oxygens (including phenoxy) is 1. The molecule has 7 heteroatoms. The van der Waals surface area contributed by atoms with E-state index in [0.29, 0.717) is 16.6 Å². The normalized spacial score (nSPS) is 16.8. The molecule has 1 aliphatic rings. The van der Waals surface area contributed by atoms with Crippen LogP contribution in [0.1, 0.15) is 42.8 Å². The number of nitrogen functional groups attached to an aromatic ring is 1. The lowest BCUT2D eigenvalue weighted by Gasteiger charge is -2.40. The minimum absolute atomic E-state index is 0.180. The SMILES string of the molecule is COC1(CNC(=O)c2sc(NC(C)C)nc2N)CCC1. The first-order chi connectivity index (χ1) is 9.46. The van der Waals surface area contributed by atoms with Gasteiger partial charge in [0, 0.05) is 19.7 Å². The molecule has 0 saturated heterocycles. The highest BCUT2D eigenvalue weighted by atomic mass is 32.1. The molecule has 1 fully saturated rings. The summed E-state index contributed by atoms with van der Waals surface area (Å²) in [6, 6.07) is 0.253. The molecule has 0 atom stereocenters. The number of nitrogens with zero attached hydrogens (tertiary/aromatic N) is 1. The second kappa shape index (κ2) is 5.97. The summed E-state index contributed by atoms with van der Waals surface area (Å²) in [5.41, 5.74) is 5.62. The summed E-state index contributed by atoms with van der Waals surface area (Å²) in [6.07, 6.45) is 3.12. The number of thiazole rings is 1. The summed E-state index contributed by atoms with van der Waals surface area (Å²) in [5.74, 6) is 0.0934. The predicted octanol–water partition coefficient (Wildman–Crippen LogP) is 1.84. The number of methoxy groups -OCH3 is 1. The van der Waals surface area contributed by atoms with Crippen molar-refractivity contribution >= 4 is 28.2 Å². The van der Waals surface area contributed by atoms with Crippen molar-refractivity contribution in [3.8, 4) is 0 Å². The fourth-order valence-electron chi connectivity index (χ4n) is 2.15. The first kappa shape index (κ1) is 15.1. The number of nitrogens with one attached hydrogen (secondary N) is 2. The Morgan fingerprint density at radius 1 is 1.55 bits per heavy atom. The maximum Gasteiger partial charge on any atom is 0.265 e. The van der Waals surface area contributed by atoms with Crippen LogP contribution in [0.5, 0.6) is 0 Å². The number of hydrogen-bond acceptors (Lipinski definition) is 6. The summed E-state index contributed by atoms with van der Waals surface area (Å²) in [5, 5.41) is 6.72. The van der Waals surface area contributed by atoms with E-state index >= 15 is 0 Å². The highest BCUT2D eigenvalue weighted by Crippen LogP contribution is 2.34. The molecule has 6 nitrogen and oxygen atoms in total. The smallest absolute Gasteiger partial charge is 0.265 e. The Hall–Kier alpha value is -1.34. The van der Waals surface area contributed by atoms with Crippen LogP contribution in [-0.4, -0.2) is 36.2 Å². The van der Waals surface area contributed by atoms with Crippen molar-refractivity contribution in [1.29, 1.82) is 0 Å². The van der Waals surface area contributed by atoms with Gasteiger partial charge in [-0.25, -0.2) is 4.98 Å². The molecule has 1 heterocycles. The third-order valence-electron chi connectivity index (χ3n) is 3.54. The Morgan fingerprint density at radius 2 is 2.25 bits per heavy atom. The van der Waals surface area contributed by atoms with E-state index in [-0.39, 0.29) is 23.4 Å². The Bertz CT molecular complexity index is 477. The number of amides is 1. The summed E-state index contributed by atoms with van der Waals surface area (Å²) in [4.78, 5) is 16.8. The molecule has 1 aromatic rings. The van der Waals surface area contributed by atoms with Crippen molar-refractivity contribution in [2.45, 2.75) is 44.8 Å². The Kier molecular flexibility index (Phi) is 4.49. The predicted molar refractivity (Wildman–Crippen MR) is 81.2 cm³/mol. The molecule has 0 aliphatic heterocycles. The summed E-state index contributed by atoms with van der Waals surface area (Å²) >= 11 is 1.28. The molecule has 0 unspecified atom stereocenters. The largest absolute Gasteiger partial charge is 0.382 e. The van der Waals surface area contributed by atoms with Gasteiger partial charge in [-0.2, -0.15) is 0 Å². The molecule has 1 aromatic heterocycles. The van der Waals surface area contributed by atoms with Gasteiger partial charge in [-0.15, -0.1) is 0 Å². The van der Waals surface area contributed by atoms with E-state index in [1.807, 2.05) is 13.8 Å². The lowest BCUT2D eigenvalue weighted by molar-refractivity contribution is -0.0679. The number of rotatable bonds is 6. The maximum absolute atomic E-state index is 12.2. The van der Waals surface area contributed by atoms with Crippen molar-refractivity contribution in [2.75, 3.05) is 24.7 Å². The monoisotopic (exact) mass is 298 g/mol. The number of aromatic nitrogens is 1. The molecule has 1 aliphatic carbocycles. The molecule has 4 N–H and O–H groups in total. The second-order valence-electron chi connectivity index (χ2n) is 5.46. The van der Waals surface area contributed by atoms with Crippen molar-refractivity contribution in [3.05, 3.63) is 4.88 Å². The molecule has 2 rings (SSSR count). The molecule has 0 radical (unpaired) electrons. The summed E-state index contributed by atoms with van der Waals surface area (Å²) < 4.78 is 5.48. The molecule has 0 aromatic carbocycles. The van der Waals surface area contributed by atoms with E-state index in [9.17, 15) is 4.79 Å². The van der Waals surface area contributed by atoms with Crippen LogP contribution in [0.4, 0.5) is 10.9 Å². The van der Waals surface area contributed by atoms with E-state index in [4.69, 9.17) is 10.5 Å². The minimum atomic E-state index is -0.186. The van der Waals surface area contributed by atoms with Gasteiger partial charge in [-0.05, 0) is 33.1 Å². The van der Waals surface area contributed by atoms with Crippen molar-refractivity contribution in [3.63, 3.8) is 0 Å². The maximum atomic E-state index is 12.2. The molecule has 1 saturated carbocycles. The topological polar surface area (TPSA) is 89.3 Å². The van der Waals surface area contributed by atoms with Crippen molar-refractivity contribution in [2.24, 2.45) is 0 Å². The van der Waals surface area contributed by atoms with E-state index in [2.05, 4.69) is 15.6 Å². The first-order valence-electron chi connectivity index (χ1n) is 6.82. The fraction of sp³-hybridized carbons (Fsp3) is 0.692. The first-order valence-corrected chi connectivity index (χ1v) is 7.63. The lowest BCUT2D eigenvalue weighted by Crippen LogP contribution is -2.49. The molecular formula is C13H22N4O2S. The highest BCUT2D eigenvalue weighted by molar-refractivity contribution is 7.18. The molecule has 1 amide bonds. The van der Waals surface area contributed by atoms with E-state index in [1.165, 1.54) is 11.3 Å². The van der Waals surface area contributed by atoms with E-state index in [1.54, 1.807) is 7.11 Å². The number of hydrogen-bond donors (Lipinski definition) is 3. The average Bonchev–Trinajstić information content (AvgIpc) is 2.68. The van der Waals surface area contributed by atoms with E-state index in [0.717, 1.165) is 19.3 Å². The minimum Gasteiger partial charge on any atom is -0.382 e. The molecule has 0 bridgehead atoms. The van der Waals surface area contributed by atoms with Crippen LogP contribution in [0.2, 0.25) is 0 Å². The van der Waals surface area contributed by atoms with Crippen LogP contribution in [0.3, 0.4) is 0 Å². The highest BCUT2D eigenvalue weighted by Gasteiger charge is 2.37. The van der Waals surface area contributed by atoms with Gasteiger partial charge in [0.05, 0.1) is 5.60 Å². The third-order valence-corrected chi connectivity index (χ3v) is 4.54. The van der Waals surface area contributed by atoms with Gasteiger partial charge in [0.15, 0.2) is 5.13 Å². The van der Waals surface area contributed by atoms with Gasteiger partial charge >= 0.3 is 0 Å². The molecule has 20 heavy (non-hydrogen) atoms. The fourth-order valence-corrected chi connectivity index (χ4v) is 3.10. The van der Waals surface area contributed by atoms with Crippen LogP contribution < -0.4 is 16.4 Å². The van der Waals surface area contributed by atoms with Crippen LogP contribution in [0, 0.1) is 0 Å². The van der Waals surface area contributed by atoms with Crippen molar-refractivity contribution < 1.29 is 9.53 Å². The Morgan fingerprint density at radius 3 is 2.75 bits per heavy atom. The van der Waals surface area contributed by atoms with Gasteiger partial charge in [-0.1, -0.05) is 11.3 Å². The Labute approximate surface area is 123 Å². The Balaban J connectivity index is 1.96. The van der Waals surface area contributed by atoms with Crippen LogP contribution in [0.15, 0.2) is 0 Å². The van der Waals surface area contributed by atoms with Crippen molar-refractivity contribution in [1.82, 2.24) is 10.3 Å². The van der Waals surface area contributed by atoms with Crippen LogP contribution in [0.25, 0.3) is 0 Å². The molecule has 0 spiro atoms. The summed E-state index contributed by atoms with van der Waals surface area (Å²) in [7, 11) is 1.69.